The summed E-state index contributed by atoms with van der Waals surface area (Å²) in [6, 6.07) is 31.4. The van der Waals surface area contributed by atoms with E-state index < -0.39 is 0 Å². The van der Waals surface area contributed by atoms with Gasteiger partial charge in [0.05, 0.1) is 18.6 Å². The molecule has 4 aromatic rings. The van der Waals surface area contributed by atoms with Crippen molar-refractivity contribution >= 4 is 5.91 Å². The predicted molar refractivity (Wildman–Crippen MR) is 140 cm³/mol. The number of hydrogen-bond donors (Lipinski definition) is 1. The van der Waals surface area contributed by atoms with Gasteiger partial charge in [-0.3, -0.25) is 14.6 Å². The van der Waals surface area contributed by atoms with Crippen molar-refractivity contribution in [1.82, 2.24) is 20.1 Å². The van der Waals surface area contributed by atoms with Gasteiger partial charge in [-0.05, 0) is 23.6 Å². The molecule has 0 spiro atoms. The molecule has 1 aromatic heterocycles. The summed E-state index contributed by atoms with van der Waals surface area (Å²) in [5.74, 6) is 0.350. The SMILES string of the molecule is CC(NC(=O)c1coc(CN2CCN(C(c3ccccc3)c3ccccc3)CC2)n1)c1ccccc1. The molecule has 1 N–H and O–H groups in total. The highest BCUT2D eigenvalue weighted by atomic mass is 16.3. The lowest BCUT2D eigenvalue weighted by molar-refractivity contribution is 0.0933. The number of nitrogens with one attached hydrogen (secondary N) is 1. The van der Waals surface area contributed by atoms with Crippen molar-refractivity contribution in [2.75, 3.05) is 26.2 Å². The molecule has 184 valence electrons. The minimum absolute atomic E-state index is 0.103. The van der Waals surface area contributed by atoms with Gasteiger partial charge >= 0.3 is 0 Å². The van der Waals surface area contributed by atoms with Crippen LogP contribution in [0.3, 0.4) is 0 Å². The van der Waals surface area contributed by atoms with E-state index in [0.717, 1.165) is 31.7 Å². The number of hydrogen-bond acceptors (Lipinski definition) is 5. The Hall–Kier alpha value is -3.74. The molecule has 1 aliphatic heterocycles. The maximum atomic E-state index is 12.7. The zero-order valence-electron chi connectivity index (χ0n) is 20.6. The molecule has 1 saturated heterocycles. The Bertz CT molecular complexity index is 1200. The minimum atomic E-state index is -0.222. The number of benzene rings is 3. The van der Waals surface area contributed by atoms with Crippen LogP contribution >= 0.6 is 0 Å². The van der Waals surface area contributed by atoms with Crippen LogP contribution in [0.15, 0.2) is 102 Å². The van der Waals surface area contributed by atoms with Crippen LogP contribution in [0.2, 0.25) is 0 Å². The third-order valence-corrected chi connectivity index (χ3v) is 6.79. The van der Waals surface area contributed by atoms with Gasteiger partial charge in [-0.15, -0.1) is 0 Å². The summed E-state index contributed by atoms with van der Waals surface area (Å²) in [7, 11) is 0. The van der Waals surface area contributed by atoms with Crippen LogP contribution in [0.1, 0.15) is 52.1 Å². The van der Waals surface area contributed by atoms with Gasteiger partial charge < -0.3 is 9.73 Å². The molecule has 1 unspecified atom stereocenters. The molecule has 0 radical (unpaired) electrons. The Kier molecular flexibility index (Phi) is 7.55. The molecule has 0 aliphatic carbocycles. The van der Waals surface area contributed by atoms with E-state index in [0.29, 0.717) is 18.1 Å². The molecule has 1 atom stereocenters. The van der Waals surface area contributed by atoms with Crippen LogP contribution in [-0.2, 0) is 6.54 Å². The van der Waals surface area contributed by atoms with Crippen molar-refractivity contribution < 1.29 is 9.21 Å². The van der Waals surface area contributed by atoms with E-state index in [9.17, 15) is 4.79 Å². The zero-order valence-corrected chi connectivity index (χ0v) is 20.6. The van der Waals surface area contributed by atoms with Gasteiger partial charge in [0.25, 0.3) is 5.91 Å². The number of amides is 1. The quantitative estimate of drug-likeness (QED) is 0.381. The van der Waals surface area contributed by atoms with Crippen molar-refractivity contribution in [3.8, 4) is 0 Å². The Balaban J connectivity index is 1.18. The fourth-order valence-corrected chi connectivity index (χ4v) is 4.84. The standard InChI is InChI=1S/C30H32N4O2/c1-23(24-11-5-2-6-12-24)31-30(35)27-22-36-28(32-27)21-33-17-19-34(20-18-33)29(25-13-7-3-8-14-25)26-15-9-4-10-16-26/h2-16,22-23,29H,17-21H2,1H3,(H,31,35). The molecule has 6 heteroatoms. The van der Waals surface area contributed by atoms with E-state index in [1.807, 2.05) is 37.3 Å². The summed E-state index contributed by atoms with van der Waals surface area (Å²) in [4.78, 5) is 22.0. The van der Waals surface area contributed by atoms with Crippen LogP contribution in [0.4, 0.5) is 0 Å². The molecule has 36 heavy (non-hydrogen) atoms. The fraction of sp³-hybridized carbons (Fsp3) is 0.267. The van der Waals surface area contributed by atoms with E-state index in [2.05, 4.69) is 80.8 Å². The number of oxazole rings is 1. The van der Waals surface area contributed by atoms with Gasteiger partial charge in [-0.25, -0.2) is 4.98 Å². The molecule has 0 saturated carbocycles. The minimum Gasteiger partial charge on any atom is -0.447 e. The molecule has 6 nitrogen and oxygen atoms in total. The Morgan fingerprint density at radius 1 is 0.833 bits per heavy atom. The van der Waals surface area contributed by atoms with E-state index in [-0.39, 0.29) is 18.0 Å². The second kappa shape index (κ2) is 11.3. The third kappa shape index (κ3) is 5.73. The van der Waals surface area contributed by atoms with Gasteiger partial charge in [-0.1, -0.05) is 91.0 Å². The second-order valence-corrected chi connectivity index (χ2v) is 9.27. The van der Waals surface area contributed by atoms with Gasteiger partial charge in [-0.2, -0.15) is 0 Å². The van der Waals surface area contributed by atoms with E-state index in [4.69, 9.17) is 4.42 Å². The summed E-state index contributed by atoms with van der Waals surface area (Å²) < 4.78 is 5.66. The van der Waals surface area contributed by atoms with Crippen molar-refractivity contribution in [3.63, 3.8) is 0 Å². The first-order valence-corrected chi connectivity index (χ1v) is 12.5. The largest absolute Gasteiger partial charge is 0.447 e. The van der Waals surface area contributed by atoms with Crippen LogP contribution in [0.5, 0.6) is 0 Å². The maximum absolute atomic E-state index is 12.7. The van der Waals surface area contributed by atoms with E-state index >= 15 is 0 Å². The van der Waals surface area contributed by atoms with Gasteiger partial charge in [0.2, 0.25) is 5.89 Å². The highest BCUT2D eigenvalue weighted by Gasteiger charge is 2.27. The lowest BCUT2D eigenvalue weighted by Crippen LogP contribution is -2.47. The van der Waals surface area contributed by atoms with Crippen molar-refractivity contribution in [2.24, 2.45) is 0 Å². The van der Waals surface area contributed by atoms with Gasteiger partial charge in [0, 0.05) is 26.2 Å². The molecule has 2 heterocycles. The highest BCUT2D eigenvalue weighted by molar-refractivity contribution is 5.92. The second-order valence-electron chi connectivity index (χ2n) is 9.27. The summed E-state index contributed by atoms with van der Waals surface area (Å²) in [6.45, 7) is 6.26. The van der Waals surface area contributed by atoms with Crippen LogP contribution in [-0.4, -0.2) is 46.9 Å². The van der Waals surface area contributed by atoms with Crippen molar-refractivity contribution in [2.45, 2.75) is 25.6 Å². The monoisotopic (exact) mass is 480 g/mol. The first kappa shape index (κ1) is 24.0. The maximum Gasteiger partial charge on any atom is 0.273 e. The predicted octanol–water partition coefficient (Wildman–Crippen LogP) is 5.07. The van der Waals surface area contributed by atoms with Crippen LogP contribution < -0.4 is 5.32 Å². The summed E-state index contributed by atoms with van der Waals surface area (Å²) in [5, 5.41) is 3.00. The van der Waals surface area contributed by atoms with Gasteiger partial charge in [0.1, 0.15) is 6.26 Å². The third-order valence-electron chi connectivity index (χ3n) is 6.79. The lowest BCUT2D eigenvalue weighted by Gasteiger charge is -2.39. The molecule has 3 aromatic carbocycles. The highest BCUT2D eigenvalue weighted by Crippen LogP contribution is 2.29. The molecule has 1 aliphatic rings. The summed E-state index contributed by atoms with van der Waals surface area (Å²) >= 11 is 0. The molecule has 0 bridgehead atoms. The first-order valence-electron chi connectivity index (χ1n) is 12.5. The Labute approximate surface area is 212 Å². The number of carbonyl (C=O) groups excluding carboxylic acids is 1. The zero-order chi connectivity index (χ0) is 24.7. The normalized spacial score (nSPS) is 15.6. The van der Waals surface area contributed by atoms with Crippen LogP contribution in [0.25, 0.3) is 0 Å². The Morgan fingerprint density at radius 2 is 1.36 bits per heavy atom. The molecule has 1 fully saturated rings. The van der Waals surface area contributed by atoms with Crippen molar-refractivity contribution in [3.05, 3.63) is 126 Å². The number of carbonyl (C=O) groups is 1. The molecular formula is C30H32N4O2. The van der Waals surface area contributed by atoms with E-state index in [1.165, 1.54) is 17.4 Å². The molecular weight excluding hydrogens is 448 g/mol. The number of rotatable bonds is 8. The first-order chi connectivity index (χ1) is 17.7. The average molecular weight is 481 g/mol. The number of nitrogens with zero attached hydrogens (tertiary/aromatic N) is 3. The average Bonchev–Trinajstić information content (AvgIpc) is 3.40. The van der Waals surface area contributed by atoms with E-state index in [1.54, 1.807) is 0 Å². The lowest BCUT2D eigenvalue weighted by atomic mass is 9.96. The molecule has 1 amide bonds. The number of piperazine rings is 1. The summed E-state index contributed by atoms with van der Waals surface area (Å²) in [6.07, 6.45) is 1.46. The topological polar surface area (TPSA) is 61.6 Å². The van der Waals surface area contributed by atoms with Gasteiger partial charge in [0.15, 0.2) is 5.69 Å². The summed E-state index contributed by atoms with van der Waals surface area (Å²) in [5.41, 5.74) is 3.99. The Morgan fingerprint density at radius 3 is 1.92 bits per heavy atom. The molecule has 5 rings (SSSR count). The van der Waals surface area contributed by atoms with Crippen molar-refractivity contribution in [1.29, 1.82) is 0 Å². The number of aromatic nitrogens is 1. The fourth-order valence-electron chi connectivity index (χ4n) is 4.84. The van der Waals surface area contributed by atoms with Crippen LogP contribution in [0, 0.1) is 0 Å². The smallest absolute Gasteiger partial charge is 0.273 e.